The number of alkyl halides is 1. The van der Waals surface area contributed by atoms with Gasteiger partial charge in [0.25, 0.3) is 0 Å². The SMILES string of the molecule is COc1ccc2c(c1)SC(C(=O)O)CC1(c3ccccc3)C(Cl)C(=O)N21. The molecule has 3 atom stereocenters. The van der Waals surface area contributed by atoms with Crippen molar-refractivity contribution in [3.05, 3.63) is 54.1 Å². The van der Waals surface area contributed by atoms with Gasteiger partial charge < -0.3 is 9.84 Å². The summed E-state index contributed by atoms with van der Waals surface area (Å²) in [6.45, 7) is 0. The molecule has 0 aliphatic carbocycles. The monoisotopic (exact) mass is 389 g/mol. The van der Waals surface area contributed by atoms with Gasteiger partial charge in [-0.05, 0) is 23.8 Å². The highest BCUT2D eigenvalue weighted by Gasteiger charge is 2.63. The lowest BCUT2D eigenvalue weighted by molar-refractivity contribution is -0.138. The Kier molecular flexibility index (Phi) is 4.12. The summed E-state index contributed by atoms with van der Waals surface area (Å²) in [5.74, 6) is -0.527. The molecule has 5 nitrogen and oxygen atoms in total. The maximum Gasteiger partial charge on any atom is 0.317 e. The van der Waals surface area contributed by atoms with Crippen LogP contribution in [-0.2, 0) is 15.1 Å². The number of thioether (sulfide) groups is 1. The van der Waals surface area contributed by atoms with Crippen molar-refractivity contribution in [2.24, 2.45) is 0 Å². The summed E-state index contributed by atoms with van der Waals surface area (Å²) in [6, 6.07) is 14.8. The summed E-state index contributed by atoms with van der Waals surface area (Å²) in [7, 11) is 1.55. The Morgan fingerprint density at radius 1 is 1.31 bits per heavy atom. The molecule has 7 heteroatoms. The van der Waals surface area contributed by atoms with E-state index in [4.69, 9.17) is 16.3 Å². The molecule has 1 fully saturated rings. The van der Waals surface area contributed by atoms with E-state index >= 15 is 0 Å². The molecule has 2 aliphatic rings. The van der Waals surface area contributed by atoms with Crippen LogP contribution in [0.25, 0.3) is 0 Å². The number of rotatable bonds is 3. The van der Waals surface area contributed by atoms with E-state index in [1.165, 1.54) is 11.8 Å². The molecular weight excluding hydrogens is 374 g/mol. The summed E-state index contributed by atoms with van der Waals surface area (Å²) in [5, 5.41) is 8.22. The zero-order valence-corrected chi connectivity index (χ0v) is 15.5. The Balaban J connectivity index is 1.94. The van der Waals surface area contributed by atoms with Crippen molar-refractivity contribution in [1.82, 2.24) is 0 Å². The fourth-order valence-corrected chi connectivity index (χ4v) is 5.35. The Morgan fingerprint density at radius 3 is 2.69 bits per heavy atom. The highest BCUT2D eigenvalue weighted by atomic mass is 35.5. The number of anilines is 1. The number of hydrogen-bond acceptors (Lipinski definition) is 4. The molecule has 0 radical (unpaired) electrons. The van der Waals surface area contributed by atoms with Crippen molar-refractivity contribution in [1.29, 1.82) is 0 Å². The van der Waals surface area contributed by atoms with Gasteiger partial charge in [-0.1, -0.05) is 30.3 Å². The van der Waals surface area contributed by atoms with Crippen molar-refractivity contribution in [2.45, 2.75) is 27.5 Å². The third-order valence-corrected chi connectivity index (χ3v) is 6.76. The van der Waals surface area contributed by atoms with Gasteiger partial charge in [-0.15, -0.1) is 23.4 Å². The van der Waals surface area contributed by atoms with E-state index in [0.29, 0.717) is 16.3 Å². The second-order valence-corrected chi connectivity index (χ2v) is 7.99. The molecule has 0 aromatic heterocycles. The lowest BCUT2D eigenvalue weighted by atomic mass is 9.73. The average molecular weight is 390 g/mol. The van der Waals surface area contributed by atoms with Gasteiger partial charge in [0.2, 0.25) is 5.91 Å². The molecule has 2 heterocycles. The van der Waals surface area contributed by atoms with E-state index in [2.05, 4.69) is 0 Å². The maximum absolute atomic E-state index is 12.7. The molecule has 1 saturated heterocycles. The summed E-state index contributed by atoms with van der Waals surface area (Å²) in [4.78, 5) is 27.0. The fraction of sp³-hybridized carbons (Fsp3) is 0.263. The molecule has 0 bridgehead atoms. The van der Waals surface area contributed by atoms with E-state index in [9.17, 15) is 14.7 Å². The second kappa shape index (κ2) is 6.21. The number of hydrogen-bond donors (Lipinski definition) is 1. The molecule has 26 heavy (non-hydrogen) atoms. The molecule has 2 aliphatic heterocycles. The van der Waals surface area contributed by atoms with Crippen molar-refractivity contribution in [3.8, 4) is 5.75 Å². The number of amides is 1. The number of aliphatic carboxylic acids is 1. The minimum absolute atomic E-state index is 0.214. The minimum atomic E-state index is -0.927. The smallest absolute Gasteiger partial charge is 0.317 e. The number of benzene rings is 2. The predicted molar refractivity (Wildman–Crippen MR) is 100 cm³/mol. The van der Waals surface area contributed by atoms with Crippen LogP contribution in [0.5, 0.6) is 5.75 Å². The number of carboxylic acid groups (broad SMARTS) is 1. The van der Waals surface area contributed by atoms with Gasteiger partial charge in [-0.3, -0.25) is 14.5 Å². The van der Waals surface area contributed by atoms with Crippen LogP contribution in [0.15, 0.2) is 53.4 Å². The van der Waals surface area contributed by atoms with Crippen molar-refractivity contribution < 1.29 is 19.4 Å². The van der Waals surface area contributed by atoms with Gasteiger partial charge in [0.05, 0.1) is 18.3 Å². The molecule has 2 aromatic rings. The molecule has 134 valence electrons. The molecule has 2 aromatic carbocycles. The molecule has 4 rings (SSSR count). The fourth-order valence-electron chi connectivity index (χ4n) is 3.73. The zero-order chi connectivity index (χ0) is 18.5. The van der Waals surface area contributed by atoms with Crippen LogP contribution in [0.2, 0.25) is 0 Å². The zero-order valence-electron chi connectivity index (χ0n) is 13.9. The van der Waals surface area contributed by atoms with Crippen molar-refractivity contribution >= 4 is 40.9 Å². The molecular formula is C19H16ClNO4S. The number of methoxy groups -OCH3 is 1. The number of carboxylic acids is 1. The van der Waals surface area contributed by atoms with Gasteiger partial charge in [0.15, 0.2) is 0 Å². The Labute approximate surface area is 159 Å². The van der Waals surface area contributed by atoms with E-state index in [1.807, 2.05) is 30.3 Å². The van der Waals surface area contributed by atoms with Crippen LogP contribution >= 0.6 is 23.4 Å². The number of β-lactam (4-membered cyclic amide) rings is 1. The van der Waals surface area contributed by atoms with Crippen LogP contribution in [0, 0.1) is 0 Å². The van der Waals surface area contributed by atoms with E-state index in [-0.39, 0.29) is 12.3 Å². The van der Waals surface area contributed by atoms with Crippen LogP contribution in [0.4, 0.5) is 5.69 Å². The summed E-state index contributed by atoms with van der Waals surface area (Å²) >= 11 is 7.74. The Bertz CT molecular complexity index is 890. The lowest BCUT2D eigenvalue weighted by Gasteiger charge is -2.55. The van der Waals surface area contributed by atoms with Gasteiger partial charge >= 0.3 is 5.97 Å². The number of ether oxygens (including phenoxy) is 1. The van der Waals surface area contributed by atoms with Crippen LogP contribution in [0.3, 0.4) is 0 Å². The third kappa shape index (κ3) is 2.32. The summed E-state index contributed by atoms with van der Waals surface area (Å²) in [5.41, 5.74) is 0.635. The van der Waals surface area contributed by atoms with E-state index in [1.54, 1.807) is 30.2 Å². The van der Waals surface area contributed by atoms with E-state index in [0.717, 1.165) is 5.56 Å². The quantitative estimate of drug-likeness (QED) is 0.643. The summed E-state index contributed by atoms with van der Waals surface area (Å²) in [6.07, 6.45) is 0.230. The van der Waals surface area contributed by atoms with Crippen LogP contribution < -0.4 is 9.64 Å². The third-order valence-electron chi connectivity index (χ3n) is 4.98. The first-order valence-electron chi connectivity index (χ1n) is 8.10. The van der Waals surface area contributed by atoms with Gasteiger partial charge in [-0.25, -0.2) is 0 Å². The number of nitrogens with zero attached hydrogens (tertiary/aromatic N) is 1. The van der Waals surface area contributed by atoms with Gasteiger partial charge in [0.1, 0.15) is 16.4 Å². The first-order valence-corrected chi connectivity index (χ1v) is 9.42. The molecule has 0 saturated carbocycles. The highest BCUT2D eigenvalue weighted by Crippen LogP contribution is 2.57. The number of halogens is 1. The molecule has 1 amide bonds. The number of fused-ring (bicyclic) bond motifs is 3. The standard InChI is InChI=1S/C19H16ClNO4S/c1-25-12-7-8-13-14(9-12)26-15(18(23)24)10-19(11-5-3-2-4-6-11)16(20)17(22)21(13)19/h2-9,15-16H,10H2,1H3,(H,23,24). The first-order chi connectivity index (χ1) is 12.5. The molecule has 3 unspecified atom stereocenters. The van der Waals surface area contributed by atoms with Crippen LogP contribution in [-0.4, -0.2) is 34.7 Å². The largest absolute Gasteiger partial charge is 0.497 e. The maximum atomic E-state index is 12.7. The Morgan fingerprint density at radius 2 is 2.04 bits per heavy atom. The number of carbonyl (C=O) groups is 2. The van der Waals surface area contributed by atoms with Gasteiger partial charge in [-0.2, -0.15) is 0 Å². The lowest BCUT2D eigenvalue weighted by Crippen LogP contribution is -2.71. The van der Waals surface area contributed by atoms with Crippen LogP contribution in [0.1, 0.15) is 12.0 Å². The van der Waals surface area contributed by atoms with E-state index < -0.39 is 22.1 Å². The van der Waals surface area contributed by atoms with Gasteiger partial charge in [0, 0.05) is 11.3 Å². The molecule has 0 spiro atoms. The Hall–Kier alpha value is -2.18. The summed E-state index contributed by atoms with van der Waals surface area (Å²) < 4.78 is 5.26. The first kappa shape index (κ1) is 17.2. The normalized spacial score (nSPS) is 27.0. The average Bonchev–Trinajstić information content (AvgIpc) is 2.80. The predicted octanol–water partition coefficient (Wildman–Crippen LogP) is 3.49. The topological polar surface area (TPSA) is 66.8 Å². The highest BCUT2D eigenvalue weighted by molar-refractivity contribution is 8.00. The van der Waals surface area contributed by atoms with Crippen molar-refractivity contribution in [3.63, 3.8) is 0 Å². The van der Waals surface area contributed by atoms with Crippen molar-refractivity contribution in [2.75, 3.05) is 12.0 Å². The number of carbonyl (C=O) groups excluding carboxylic acids is 1. The molecule has 1 N–H and O–H groups in total. The second-order valence-electron chi connectivity index (χ2n) is 6.31. The minimum Gasteiger partial charge on any atom is -0.497 e.